The van der Waals surface area contributed by atoms with Crippen LogP contribution < -0.4 is 5.32 Å². The van der Waals surface area contributed by atoms with Crippen molar-refractivity contribution in [2.24, 2.45) is 0 Å². The fourth-order valence-corrected chi connectivity index (χ4v) is 2.07. The van der Waals surface area contributed by atoms with Crippen LogP contribution in [0.4, 0.5) is 5.69 Å². The highest BCUT2D eigenvalue weighted by molar-refractivity contribution is 5.53. The SMILES string of the molecule is CCC[C@H]1CCc2ccccc2N1. The van der Waals surface area contributed by atoms with Crippen molar-refractivity contribution in [1.29, 1.82) is 0 Å². The molecule has 0 fully saturated rings. The third-order valence-electron chi connectivity index (χ3n) is 2.78. The molecule has 1 aliphatic rings. The summed E-state index contributed by atoms with van der Waals surface area (Å²) < 4.78 is 0. The topological polar surface area (TPSA) is 12.0 Å². The normalized spacial score (nSPS) is 20.5. The van der Waals surface area contributed by atoms with Gasteiger partial charge in [0.05, 0.1) is 0 Å². The lowest BCUT2D eigenvalue weighted by atomic mass is 9.96. The van der Waals surface area contributed by atoms with Crippen molar-refractivity contribution < 1.29 is 0 Å². The van der Waals surface area contributed by atoms with Crippen molar-refractivity contribution in [3.8, 4) is 0 Å². The summed E-state index contributed by atoms with van der Waals surface area (Å²) in [6, 6.07) is 9.36. The number of aryl methyl sites for hydroxylation is 1. The van der Waals surface area contributed by atoms with E-state index in [0.29, 0.717) is 6.04 Å². The van der Waals surface area contributed by atoms with Crippen LogP contribution in [0.15, 0.2) is 24.3 Å². The van der Waals surface area contributed by atoms with Gasteiger partial charge in [-0.25, -0.2) is 0 Å². The van der Waals surface area contributed by atoms with Gasteiger partial charge in [-0.05, 0) is 30.9 Å². The number of anilines is 1. The zero-order valence-electron chi connectivity index (χ0n) is 8.22. The van der Waals surface area contributed by atoms with Crippen molar-refractivity contribution in [3.63, 3.8) is 0 Å². The summed E-state index contributed by atoms with van der Waals surface area (Å²) in [7, 11) is 0. The fraction of sp³-hybridized carbons (Fsp3) is 0.500. The second-order valence-corrected chi connectivity index (χ2v) is 3.83. The molecule has 1 aliphatic heterocycles. The minimum atomic E-state index is 0.708. The van der Waals surface area contributed by atoms with E-state index in [1.807, 2.05) is 0 Å². The van der Waals surface area contributed by atoms with Gasteiger partial charge in [0.2, 0.25) is 0 Å². The average molecular weight is 175 g/mol. The maximum atomic E-state index is 3.60. The molecule has 1 aromatic carbocycles. The van der Waals surface area contributed by atoms with E-state index in [-0.39, 0.29) is 0 Å². The minimum absolute atomic E-state index is 0.708. The molecule has 13 heavy (non-hydrogen) atoms. The highest BCUT2D eigenvalue weighted by atomic mass is 14.9. The molecule has 70 valence electrons. The Morgan fingerprint density at radius 2 is 2.23 bits per heavy atom. The maximum absolute atomic E-state index is 3.60. The second kappa shape index (κ2) is 3.82. The number of rotatable bonds is 2. The van der Waals surface area contributed by atoms with Crippen LogP contribution in [0.25, 0.3) is 0 Å². The number of hydrogen-bond acceptors (Lipinski definition) is 1. The number of para-hydroxylation sites is 1. The molecule has 0 amide bonds. The molecule has 1 aromatic rings. The maximum Gasteiger partial charge on any atom is 0.0374 e. The molecule has 1 heterocycles. The van der Waals surface area contributed by atoms with Crippen LogP contribution in [0.3, 0.4) is 0 Å². The lowest BCUT2D eigenvalue weighted by Gasteiger charge is -2.26. The van der Waals surface area contributed by atoms with Gasteiger partial charge in [0.25, 0.3) is 0 Å². The molecule has 0 saturated heterocycles. The molecule has 0 radical (unpaired) electrons. The number of benzene rings is 1. The Hall–Kier alpha value is -0.980. The van der Waals surface area contributed by atoms with Crippen LogP contribution in [0.1, 0.15) is 31.7 Å². The van der Waals surface area contributed by atoms with E-state index in [1.165, 1.54) is 36.9 Å². The Morgan fingerprint density at radius 1 is 1.38 bits per heavy atom. The molecule has 0 unspecified atom stereocenters. The average Bonchev–Trinajstić information content (AvgIpc) is 2.18. The van der Waals surface area contributed by atoms with Gasteiger partial charge in [-0.2, -0.15) is 0 Å². The third-order valence-corrected chi connectivity index (χ3v) is 2.78. The van der Waals surface area contributed by atoms with Crippen molar-refractivity contribution in [1.82, 2.24) is 0 Å². The van der Waals surface area contributed by atoms with Crippen molar-refractivity contribution in [3.05, 3.63) is 29.8 Å². The van der Waals surface area contributed by atoms with E-state index >= 15 is 0 Å². The number of fused-ring (bicyclic) bond motifs is 1. The lowest BCUT2D eigenvalue weighted by Crippen LogP contribution is -2.24. The van der Waals surface area contributed by atoms with Gasteiger partial charge in [0, 0.05) is 11.7 Å². The van der Waals surface area contributed by atoms with E-state index in [0.717, 1.165) is 0 Å². The molecule has 1 heteroatoms. The van der Waals surface area contributed by atoms with Gasteiger partial charge in [0.15, 0.2) is 0 Å². The van der Waals surface area contributed by atoms with E-state index in [9.17, 15) is 0 Å². The van der Waals surface area contributed by atoms with E-state index in [2.05, 4.69) is 36.5 Å². The number of nitrogens with one attached hydrogen (secondary N) is 1. The van der Waals surface area contributed by atoms with Gasteiger partial charge in [-0.3, -0.25) is 0 Å². The second-order valence-electron chi connectivity index (χ2n) is 3.83. The van der Waals surface area contributed by atoms with E-state index < -0.39 is 0 Å². The van der Waals surface area contributed by atoms with Crippen LogP contribution in [0.2, 0.25) is 0 Å². The summed E-state index contributed by atoms with van der Waals surface area (Å²) in [6.45, 7) is 2.25. The van der Waals surface area contributed by atoms with Crippen LogP contribution in [0.5, 0.6) is 0 Å². The lowest BCUT2D eigenvalue weighted by molar-refractivity contribution is 0.579. The molecule has 1 N–H and O–H groups in total. The summed E-state index contributed by atoms with van der Waals surface area (Å²) in [6.07, 6.45) is 5.12. The van der Waals surface area contributed by atoms with Crippen LogP contribution in [-0.4, -0.2) is 6.04 Å². The molecular weight excluding hydrogens is 158 g/mol. The first-order valence-corrected chi connectivity index (χ1v) is 5.24. The van der Waals surface area contributed by atoms with Crippen LogP contribution in [0, 0.1) is 0 Å². The highest BCUT2D eigenvalue weighted by Crippen LogP contribution is 2.25. The summed E-state index contributed by atoms with van der Waals surface area (Å²) in [5.74, 6) is 0. The summed E-state index contributed by atoms with van der Waals surface area (Å²) in [5.41, 5.74) is 2.84. The molecule has 1 atom stereocenters. The third kappa shape index (κ3) is 1.85. The Balaban J connectivity index is 2.11. The first kappa shape index (κ1) is 8.61. The minimum Gasteiger partial charge on any atom is -0.382 e. The molecule has 2 rings (SSSR count). The standard InChI is InChI=1S/C12H17N/c1-2-5-11-9-8-10-6-3-4-7-12(10)13-11/h3-4,6-7,11,13H,2,5,8-9H2,1H3/t11-/m0/s1. The van der Waals surface area contributed by atoms with E-state index in [1.54, 1.807) is 0 Å². The fourth-order valence-electron chi connectivity index (χ4n) is 2.07. The summed E-state index contributed by atoms with van der Waals surface area (Å²) >= 11 is 0. The predicted octanol–water partition coefficient (Wildman–Crippen LogP) is 3.21. The van der Waals surface area contributed by atoms with Crippen LogP contribution >= 0.6 is 0 Å². The Kier molecular flexibility index (Phi) is 2.53. The summed E-state index contributed by atoms with van der Waals surface area (Å²) in [5, 5.41) is 3.60. The number of hydrogen-bond donors (Lipinski definition) is 1. The van der Waals surface area contributed by atoms with Gasteiger partial charge in [0.1, 0.15) is 0 Å². The molecular formula is C12H17N. The highest BCUT2D eigenvalue weighted by Gasteiger charge is 2.15. The van der Waals surface area contributed by atoms with Crippen molar-refractivity contribution in [2.75, 3.05) is 5.32 Å². The summed E-state index contributed by atoms with van der Waals surface area (Å²) in [4.78, 5) is 0. The quantitative estimate of drug-likeness (QED) is 0.727. The molecule has 0 spiro atoms. The van der Waals surface area contributed by atoms with Gasteiger partial charge < -0.3 is 5.32 Å². The van der Waals surface area contributed by atoms with Gasteiger partial charge >= 0.3 is 0 Å². The first-order valence-electron chi connectivity index (χ1n) is 5.24. The Labute approximate surface area is 80.2 Å². The predicted molar refractivity (Wildman–Crippen MR) is 57.1 cm³/mol. The van der Waals surface area contributed by atoms with Gasteiger partial charge in [-0.15, -0.1) is 0 Å². The molecule has 0 aromatic heterocycles. The molecule has 1 nitrogen and oxygen atoms in total. The van der Waals surface area contributed by atoms with Gasteiger partial charge in [-0.1, -0.05) is 31.5 Å². The largest absolute Gasteiger partial charge is 0.382 e. The Morgan fingerprint density at radius 3 is 3.08 bits per heavy atom. The van der Waals surface area contributed by atoms with Crippen molar-refractivity contribution >= 4 is 5.69 Å². The zero-order valence-corrected chi connectivity index (χ0v) is 8.22. The smallest absolute Gasteiger partial charge is 0.0374 e. The molecule has 0 bridgehead atoms. The molecule has 0 aliphatic carbocycles. The Bertz CT molecular complexity index is 280. The van der Waals surface area contributed by atoms with E-state index in [4.69, 9.17) is 0 Å². The zero-order chi connectivity index (χ0) is 9.10. The van der Waals surface area contributed by atoms with Crippen molar-refractivity contribution in [2.45, 2.75) is 38.6 Å². The first-order chi connectivity index (χ1) is 6.40. The van der Waals surface area contributed by atoms with Crippen LogP contribution in [-0.2, 0) is 6.42 Å². The molecule has 0 saturated carbocycles. The monoisotopic (exact) mass is 175 g/mol.